The van der Waals surface area contributed by atoms with Crippen molar-refractivity contribution in [2.75, 3.05) is 25.4 Å². The summed E-state index contributed by atoms with van der Waals surface area (Å²) in [5.41, 5.74) is -0.475. The Kier molecular flexibility index (Phi) is 10.7. The van der Waals surface area contributed by atoms with Crippen molar-refractivity contribution in [1.82, 2.24) is 15.5 Å². The van der Waals surface area contributed by atoms with Crippen LogP contribution in [0.1, 0.15) is 73.1 Å². The number of nitrogens with one attached hydrogen (secondary N) is 2. The van der Waals surface area contributed by atoms with E-state index in [9.17, 15) is 31.2 Å². The molecule has 1 saturated heterocycles. The summed E-state index contributed by atoms with van der Waals surface area (Å²) in [6.07, 6.45) is -3.60. The molecule has 2 amide bonds. The van der Waals surface area contributed by atoms with Crippen molar-refractivity contribution in [2.45, 2.75) is 77.2 Å². The van der Waals surface area contributed by atoms with Gasteiger partial charge in [0.2, 0.25) is 0 Å². The van der Waals surface area contributed by atoms with Crippen molar-refractivity contribution in [3.8, 4) is 0 Å². The molecule has 2 N–H and O–H groups in total. The number of rotatable bonds is 9. The van der Waals surface area contributed by atoms with E-state index < -0.39 is 39.2 Å². The summed E-state index contributed by atoms with van der Waals surface area (Å²) >= 11 is 0. The largest absolute Gasteiger partial charge is 0.444 e. The van der Waals surface area contributed by atoms with Crippen molar-refractivity contribution >= 4 is 21.8 Å². The first kappa shape index (κ1) is 33.4. The number of alkyl carbamates (subject to hydrolysis) is 1. The van der Waals surface area contributed by atoms with E-state index in [2.05, 4.69) is 10.6 Å². The minimum absolute atomic E-state index is 0.0429. The van der Waals surface area contributed by atoms with E-state index in [0.29, 0.717) is 25.2 Å². The monoisotopic (exact) mass is 611 g/mol. The van der Waals surface area contributed by atoms with Gasteiger partial charge in [-0.3, -0.25) is 9.69 Å². The zero-order valence-corrected chi connectivity index (χ0v) is 25.5. The fourth-order valence-electron chi connectivity index (χ4n) is 4.95. The van der Waals surface area contributed by atoms with Crippen LogP contribution in [0.2, 0.25) is 0 Å². The smallest absolute Gasteiger partial charge is 0.416 e. The summed E-state index contributed by atoms with van der Waals surface area (Å²) in [5.74, 6) is -0.792. The first-order valence-corrected chi connectivity index (χ1v) is 15.6. The highest BCUT2D eigenvalue weighted by atomic mass is 32.2. The second kappa shape index (κ2) is 13.5. The number of amides is 2. The molecular weight excluding hydrogens is 571 g/mol. The quantitative estimate of drug-likeness (QED) is 0.390. The molecule has 0 aromatic heterocycles. The lowest BCUT2D eigenvalue weighted by atomic mass is 9.96. The maximum absolute atomic E-state index is 14.1. The molecule has 1 heterocycles. The number of nitrogens with zero attached hydrogens (tertiary/aromatic N) is 1. The zero-order valence-electron chi connectivity index (χ0n) is 24.7. The van der Waals surface area contributed by atoms with Crippen molar-refractivity contribution < 1.29 is 35.9 Å². The Balaban J connectivity index is 1.71. The summed E-state index contributed by atoms with van der Waals surface area (Å²) < 4.78 is 72.5. The number of carbonyl (C=O) groups excluding carboxylic acids is 2. The molecule has 0 spiro atoms. The number of likely N-dealkylation sites (tertiary alicyclic amines) is 1. The highest BCUT2D eigenvalue weighted by molar-refractivity contribution is 7.91. The van der Waals surface area contributed by atoms with Gasteiger partial charge in [0, 0.05) is 31.7 Å². The Morgan fingerprint density at radius 2 is 1.76 bits per heavy atom. The number of aryl methyl sites for hydroxylation is 1. The predicted octanol–water partition coefficient (Wildman–Crippen LogP) is 5.47. The van der Waals surface area contributed by atoms with Crippen LogP contribution in [-0.4, -0.2) is 56.3 Å². The fraction of sp³-hybridized carbons (Fsp3) is 0.533. The molecule has 0 aliphatic carbocycles. The van der Waals surface area contributed by atoms with Crippen LogP contribution in [-0.2, 0) is 33.8 Å². The topological polar surface area (TPSA) is 105 Å². The first-order valence-electron chi connectivity index (χ1n) is 14.0. The number of hydrogen-bond donors (Lipinski definition) is 2. The predicted molar refractivity (Wildman–Crippen MR) is 154 cm³/mol. The summed E-state index contributed by atoms with van der Waals surface area (Å²) in [6.45, 7) is 9.97. The van der Waals surface area contributed by atoms with Crippen molar-refractivity contribution in [1.29, 1.82) is 0 Å². The lowest BCUT2D eigenvalue weighted by Crippen LogP contribution is -2.42. The number of benzene rings is 2. The van der Waals surface area contributed by atoms with Crippen molar-refractivity contribution in [3.63, 3.8) is 0 Å². The standard InChI is InChI=1S/C30H40F3N3O5S/c1-6-42(39,40)26-12-9-20(2)14-24(26)17-34-27(37)22-10-11-23(25(15-22)30(31,32)33)19-36-13-7-8-21(18-36)16-35-28(38)41-29(3,4)5/h9-12,14-15,21H,6-8,13,16-19H2,1-5H3,(H,34,37)(H,35,38)/t21-/m0/s1. The van der Waals surface area contributed by atoms with Gasteiger partial charge in [-0.05, 0) is 82.3 Å². The molecule has 3 rings (SSSR count). The molecule has 1 aliphatic rings. The van der Waals surface area contributed by atoms with Crippen molar-refractivity contribution in [3.05, 3.63) is 64.2 Å². The van der Waals surface area contributed by atoms with Crippen LogP contribution in [0.4, 0.5) is 18.0 Å². The average molecular weight is 612 g/mol. The van der Waals surface area contributed by atoms with Crippen LogP contribution in [0, 0.1) is 12.8 Å². The molecule has 0 unspecified atom stereocenters. The molecule has 2 aromatic carbocycles. The number of halogens is 3. The van der Waals surface area contributed by atoms with Gasteiger partial charge in [0.15, 0.2) is 9.84 Å². The molecule has 0 saturated carbocycles. The Labute approximate surface area is 245 Å². The average Bonchev–Trinajstić information content (AvgIpc) is 2.89. The molecule has 232 valence electrons. The number of hydrogen-bond acceptors (Lipinski definition) is 6. The number of ether oxygens (including phenoxy) is 1. The SMILES string of the molecule is CCS(=O)(=O)c1ccc(C)cc1CNC(=O)c1ccc(CN2CCC[C@@H](CNC(=O)OC(C)(C)C)C2)c(C(F)(F)F)c1. The van der Waals surface area contributed by atoms with E-state index in [1.807, 2.05) is 4.90 Å². The maximum atomic E-state index is 14.1. The van der Waals surface area contributed by atoms with Crippen LogP contribution in [0.5, 0.6) is 0 Å². The number of piperidine rings is 1. The highest BCUT2D eigenvalue weighted by Gasteiger charge is 2.35. The highest BCUT2D eigenvalue weighted by Crippen LogP contribution is 2.34. The van der Waals surface area contributed by atoms with E-state index in [0.717, 1.165) is 24.5 Å². The van der Waals surface area contributed by atoms with Crippen LogP contribution < -0.4 is 10.6 Å². The van der Waals surface area contributed by atoms with Gasteiger partial charge in [0.25, 0.3) is 5.91 Å². The minimum atomic E-state index is -4.68. The van der Waals surface area contributed by atoms with Gasteiger partial charge in [0.05, 0.1) is 16.2 Å². The molecule has 8 nitrogen and oxygen atoms in total. The van der Waals surface area contributed by atoms with Gasteiger partial charge in [-0.25, -0.2) is 13.2 Å². The number of sulfone groups is 1. The third-order valence-electron chi connectivity index (χ3n) is 6.98. The molecule has 12 heteroatoms. The van der Waals surface area contributed by atoms with E-state index >= 15 is 0 Å². The number of alkyl halides is 3. The summed E-state index contributed by atoms with van der Waals surface area (Å²) in [6, 6.07) is 8.29. The van der Waals surface area contributed by atoms with Crippen molar-refractivity contribution in [2.24, 2.45) is 5.92 Å². The Hall–Kier alpha value is -3.12. The Bertz CT molecular complexity index is 1390. The van der Waals surface area contributed by atoms with Gasteiger partial charge in [-0.1, -0.05) is 30.7 Å². The fourth-order valence-corrected chi connectivity index (χ4v) is 6.06. The van der Waals surface area contributed by atoms with E-state index in [1.54, 1.807) is 39.8 Å². The van der Waals surface area contributed by atoms with Gasteiger partial charge in [-0.15, -0.1) is 0 Å². The van der Waals surface area contributed by atoms with Gasteiger partial charge < -0.3 is 15.4 Å². The van der Waals surface area contributed by atoms with Crippen LogP contribution >= 0.6 is 0 Å². The van der Waals surface area contributed by atoms with Crippen LogP contribution in [0.3, 0.4) is 0 Å². The summed E-state index contributed by atoms with van der Waals surface area (Å²) in [4.78, 5) is 26.9. The second-order valence-corrected chi connectivity index (χ2v) is 13.9. The minimum Gasteiger partial charge on any atom is -0.444 e. The lowest BCUT2D eigenvalue weighted by molar-refractivity contribution is -0.138. The molecule has 2 aromatic rings. The molecule has 0 radical (unpaired) electrons. The third kappa shape index (κ3) is 9.45. The normalized spacial score (nSPS) is 16.6. The third-order valence-corrected chi connectivity index (χ3v) is 8.81. The molecule has 1 fully saturated rings. The molecule has 42 heavy (non-hydrogen) atoms. The lowest BCUT2D eigenvalue weighted by Gasteiger charge is -2.33. The maximum Gasteiger partial charge on any atom is 0.416 e. The van der Waals surface area contributed by atoms with Gasteiger partial charge in [0.1, 0.15) is 5.60 Å². The Morgan fingerprint density at radius 1 is 1.05 bits per heavy atom. The molecule has 1 aliphatic heterocycles. The van der Waals surface area contributed by atoms with Crippen LogP contribution in [0.15, 0.2) is 41.3 Å². The molecule has 0 bridgehead atoms. The van der Waals surface area contributed by atoms with Gasteiger partial charge >= 0.3 is 12.3 Å². The van der Waals surface area contributed by atoms with Crippen LogP contribution in [0.25, 0.3) is 0 Å². The van der Waals surface area contributed by atoms with E-state index in [-0.39, 0.29) is 40.8 Å². The van der Waals surface area contributed by atoms with Gasteiger partial charge in [-0.2, -0.15) is 13.2 Å². The summed E-state index contributed by atoms with van der Waals surface area (Å²) in [5, 5.41) is 5.32. The summed E-state index contributed by atoms with van der Waals surface area (Å²) in [7, 11) is -3.56. The Morgan fingerprint density at radius 3 is 2.40 bits per heavy atom. The zero-order chi connectivity index (χ0) is 31.3. The van der Waals surface area contributed by atoms with E-state index in [4.69, 9.17) is 4.74 Å². The number of carbonyl (C=O) groups is 2. The first-order chi connectivity index (χ1) is 19.5. The molecule has 1 atom stereocenters. The molecular formula is C30H40F3N3O5S. The van der Waals surface area contributed by atoms with E-state index in [1.165, 1.54) is 25.1 Å². The second-order valence-electron chi connectivity index (χ2n) is 11.7.